The first-order valence-corrected chi connectivity index (χ1v) is 6.57. The maximum absolute atomic E-state index is 12.7. The molecule has 0 saturated heterocycles. The lowest BCUT2D eigenvalue weighted by atomic mass is 10.1. The molecule has 0 spiro atoms. The van der Waals surface area contributed by atoms with Gasteiger partial charge in [-0.25, -0.2) is 0 Å². The maximum atomic E-state index is 12.7. The van der Waals surface area contributed by atoms with E-state index in [0.29, 0.717) is 0 Å². The van der Waals surface area contributed by atoms with Crippen LogP contribution >= 0.6 is 11.6 Å². The van der Waals surface area contributed by atoms with Crippen LogP contribution in [0.15, 0.2) is 30.4 Å². The second-order valence-corrected chi connectivity index (χ2v) is 4.46. The van der Waals surface area contributed by atoms with Crippen LogP contribution in [0.25, 0.3) is 0 Å². The Bertz CT molecular complexity index is 597. The Morgan fingerprint density at radius 3 is 2.76 bits per heavy atom. The maximum Gasteiger partial charge on any atom is 0.417 e. The summed E-state index contributed by atoms with van der Waals surface area (Å²) in [4.78, 5) is 11.7. The SMILES string of the molecule is CCCC=CC#CNC(=O)c1cccc(C(F)(F)F)c1Cl. The Morgan fingerprint density at radius 2 is 2.14 bits per heavy atom. The average molecular weight is 316 g/mol. The Hall–Kier alpha value is -1.93. The van der Waals surface area contributed by atoms with Gasteiger partial charge in [-0.05, 0) is 24.6 Å². The van der Waals surface area contributed by atoms with Crippen LogP contribution in [0.5, 0.6) is 0 Å². The molecule has 6 heteroatoms. The fourth-order valence-electron chi connectivity index (χ4n) is 1.44. The van der Waals surface area contributed by atoms with Gasteiger partial charge in [0.1, 0.15) is 0 Å². The van der Waals surface area contributed by atoms with Gasteiger partial charge in [-0.3, -0.25) is 10.1 Å². The fourth-order valence-corrected chi connectivity index (χ4v) is 1.76. The number of halogens is 4. The third-order valence-electron chi connectivity index (χ3n) is 2.45. The molecule has 0 unspecified atom stereocenters. The molecule has 0 fully saturated rings. The Kier molecular flexibility index (Phi) is 6.32. The molecule has 0 heterocycles. The number of amides is 1. The van der Waals surface area contributed by atoms with Crippen molar-refractivity contribution in [3.05, 3.63) is 46.5 Å². The zero-order valence-corrected chi connectivity index (χ0v) is 12.0. The summed E-state index contributed by atoms with van der Waals surface area (Å²) in [5, 5.41) is 1.56. The predicted molar refractivity (Wildman–Crippen MR) is 75.7 cm³/mol. The molecule has 0 atom stereocenters. The highest BCUT2D eigenvalue weighted by atomic mass is 35.5. The molecule has 0 bridgehead atoms. The van der Waals surface area contributed by atoms with Crippen LogP contribution in [0.1, 0.15) is 35.7 Å². The standard InChI is InChI=1S/C15H13ClF3NO/c1-2-3-4-5-6-10-20-14(21)11-8-7-9-12(13(11)16)15(17,18)19/h4-5,7-9H,2-3H2,1H3,(H,20,21). The van der Waals surface area contributed by atoms with E-state index in [1.165, 1.54) is 6.07 Å². The van der Waals surface area contributed by atoms with Gasteiger partial charge in [-0.15, -0.1) is 0 Å². The molecule has 1 aromatic carbocycles. The van der Waals surface area contributed by atoms with Crippen molar-refractivity contribution in [2.24, 2.45) is 0 Å². The van der Waals surface area contributed by atoms with Crippen LogP contribution in [0.2, 0.25) is 5.02 Å². The van der Waals surface area contributed by atoms with E-state index in [-0.39, 0.29) is 5.56 Å². The largest absolute Gasteiger partial charge is 0.417 e. The first kappa shape index (κ1) is 17.1. The normalized spacial score (nSPS) is 11.1. The highest BCUT2D eigenvalue weighted by Gasteiger charge is 2.34. The van der Waals surface area contributed by atoms with Crippen molar-refractivity contribution < 1.29 is 18.0 Å². The summed E-state index contributed by atoms with van der Waals surface area (Å²) in [5.41, 5.74) is -1.31. The molecule has 0 saturated carbocycles. The van der Waals surface area contributed by atoms with Crippen molar-refractivity contribution in [3.8, 4) is 12.0 Å². The number of benzene rings is 1. The number of hydrogen-bond donors (Lipinski definition) is 1. The summed E-state index contributed by atoms with van der Waals surface area (Å²) in [6, 6.07) is 5.50. The molecule has 0 aliphatic heterocycles. The zero-order valence-electron chi connectivity index (χ0n) is 11.2. The molecule has 1 N–H and O–H groups in total. The molecular formula is C15H13ClF3NO. The van der Waals surface area contributed by atoms with E-state index in [2.05, 4.69) is 17.3 Å². The molecule has 112 valence electrons. The summed E-state index contributed by atoms with van der Waals surface area (Å²) < 4.78 is 38.0. The van der Waals surface area contributed by atoms with Crippen molar-refractivity contribution in [2.75, 3.05) is 0 Å². The van der Waals surface area contributed by atoms with Crippen LogP contribution in [-0.4, -0.2) is 5.91 Å². The highest BCUT2D eigenvalue weighted by Crippen LogP contribution is 2.36. The lowest BCUT2D eigenvalue weighted by molar-refractivity contribution is -0.137. The number of carbonyl (C=O) groups excluding carboxylic acids is 1. The monoisotopic (exact) mass is 315 g/mol. The van der Waals surface area contributed by atoms with Crippen molar-refractivity contribution >= 4 is 17.5 Å². The van der Waals surface area contributed by atoms with Gasteiger partial charge in [0, 0.05) is 6.04 Å². The Balaban J connectivity index is 2.85. The van der Waals surface area contributed by atoms with E-state index in [9.17, 15) is 18.0 Å². The highest BCUT2D eigenvalue weighted by molar-refractivity contribution is 6.34. The van der Waals surface area contributed by atoms with E-state index in [0.717, 1.165) is 25.0 Å². The van der Waals surface area contributed by atoms with Gasteiger partial charge < -0.3 is 0 Å². The first-order chi connectivity index (χ1) is 9.88. The van der Waals surface area contributed by atoms with Crippen LogP contribution in [0.3, 0.4) is 0 Å². The van der Waals surface area contributed by atoms with Gasteiger partial charge in [0.25, 0.3) is 5.91 Å². The van der Waals surface area contributed by atoms with Crippen molar-refractivity contribution in [1.82, 2.24) is 5.32 Å². The minimum atomic E-state index is -4.61. The lowest BCUT2D eigenvalue weighted by Gasteiger charge is -2.10. The number of nitrogens with one attached hydrogen (secondary N) is 1. The number of rotatable bonds is 3. The number of hydrogen-bond acceptors (Lipinski definition) is 1. The topological polar surface area (TPSA) is 29.1 Å². The number of alkyl halides is 3. The molecule has 2 nitrogen and oxygen atoms in total. The zero-order chi connectivity index (χ0) is 15.9. The van der Waals surface area contributed by atoms with Crippen LogP contribution < -0.4 is 5.32 Å². The summed E-state index contributed by atoms with van der Waals surface area (Å²) in [6.07, 6.45) is 0.627. The van der Waals surface area contributed by atoms with Gasteiger partial charge in [0.15, 0.2) is 0 Å². The third kappa shape index (κ3) is 5.16. The van der Waals surface area contributed by atoms with Crippen molar-refractivity contribution in [3.63, 3.8) is 0 Å². The number of unbranched alkanes of at least 4 members (excludes halogenated alkanes) is 1. The Labute approximate surface area is 126 Å². The second-order valence-electron chi connectivity index (χ2n) is 4.08. The molecule has 0 radical (unpaired) electrons. The number of allylic oxidation sites excluding steroid dienone is 2. The minimum Gasteiger partial charge on any atom is -0.281 e. The van der Waals surface area contributed by atoms with E-state index in [1.54, 1.807) is 6.08 Å². The molecular weight excluding hydrogens is 303 g/mol. The van der Waals surface area contributed by atoms with E-state index < -0.39 is 22.7 Å². The smallest absolute Gasteiger partial charge is 0.281 e. The van der Waals surface area contributed by atoms with Gasteiger partial charge in [-0.2, -0.15) is 13.2 Å². The van der Waals surface area contributed by atoms with Crippen molar-refractivity contribution in [2.45, 2.75) is 25.9 Å². The van der Waals surface area contributed by atoms with Crippen molar-refractivity contribution in [1.29, 1.82) is 0 Å². The fraction of sp³-hybridized carbons (Fsp3) is 0.267. The molecule has 1 amide bonds. The number of carbonyl (C=O) groups is 1. The second kappa shape index (κ2) is 7.75. The first-order valence-electron chi connectivity index (χ1n) is 6.19. The minimum absolute atomic E-state index is 0.265. The molecule has 0 aromatic heterocycles. The summed E-state index contributed by atoms with van der Waals surface area (Å²) in [5.74, 6) is 1.78. The average Bonchev–Trinajstić information content (AvgIpc) is 2.41. The van der Waals surface area contributed by atoms with Crippen LogP contribution in [0.4, 0.5) is 13.2 Å². The van der Waals surface area contributed by atoms with Gasteiger partial charge in [-0.1, -0.05) is 43.0 Å². The van der Waals surface area contributed by atoms with Crippen LogP contribution in [-0.2, 0) is 6.18 Å². The lowest BCUT2D eigenvalue weighted by Crippen LogP contribution is -2.19. The molecule has 1 rings (SSSR count). The van der Waals surface area contributed by atoms with E-state index in [1.807, 2.05) is 13.0 Å². The molecule has 21 heavy (non-hydrogen) atoms. The summed E-state index contributed by atoms with van der Waals surface area (Å²) >= 11 is 5.63. The summed E-state index contributed by atoms with van der Waals surface area (Å²) in [7, 11) is 0. The molecule has 1 aromatic rings. The van der Waals surface area contributed by atoms with Crippen LogP contribution in [0, 0.1) is 12.0 Å². The predicted octanol–water partition coefficient (Wildman–Crippen LogP) is 4.41. The third-order valence-corrected chi connectivity index (χ3v) is 2.86. The quantitative estimate of drug-likeness (QED) is 0.650. The van der Waals surface area contributed by atoms with E-state index in [4.69, 9.17) is 11.6 Å². The van der Waals surface area contributed by atoms with Gasteiger partial charge >= 0.3 is 6.18 Å². The summed E-state index contributed by atoms with van der Waals surface area (Å²) in [6.45, 7) is 2.01. The van der Waals surface area contributed by atoms with Gasteiger partial charge in [0.2, 0.25) is 0 Å². The van der Waals surface area contributed by atoms with E-state index >= 15 is 0 Å². The molecule has 0 aliphatic rings. The van der Waals surface area contributed by atoms with Gasteiger partial charge in [0.05, 0.1) is 16.1 Å². The molecule has 0 aliphatic carbocycles. The Morgan fingerprint density at radius 1 is 1.43 bits per heavy atom.